The van der Waals surface area contributed by atoms with Crippen LogP contribution < -0.4 is 4.90 Å². The van der Waals surface area contributed by atoms with Crippen molar-refractivity contribution in [2.75, 3.05) is 24.5 Å². The van der Waals surface area contributed by atoms with E-state index in [9.17, 15) is 10.2 Å². The van der Waals surface area contributed by atoms with Gasteiger partial charge in [0.05, 0.1) is 12.6 Å². The lowest BCUT2D eigenvalue weighted by Gasteiger charge is -2.29. The van der Waals surface area contributed by atoms with Crippen LogP contribution in [0.4, 0.5) is 5.69 Å². The molecule has 2 N–H and O–H groups in total. The normalized spacial score (nSPS) is 18.2. The lowest BCUT2D eigenvalue weighted by molar-refractivity contribution is 0.0244. The Morgan fingerprint density at radius 2 is 1.80 bits per heavy atom. The van der Waals surface area contributed by atoms with Crippen LogP contribution >= 0.6 is 0 Å². The lowest BCUT2D eigenvalue weighted by Crippen LogP contribution is -2.29. The molecule has 6 nitrogen and oxygen atoms in total. The van der Waals surface area contributed by atoms with E-state index in [2.05, 4.69) is 14.9 Å². The SMILES string of the molecule is [N-]=[N+]=NCC(O)C(O)c1ccc(N2CCCCC2)cc1. The molecule has 1 saturated heterocycles. The molecule has 0 radical (unpaired) electrons. The molecule has 20 heavy (non-hydrogen) atoms. The number of hydrogen-bond donors (Lipinski definition) is 2. The first-order chi connectivity index (χ1) is 9.72. The minimum atomic E-state index is -1.08. The maximum atomic E-state index is 9.97. The van der Waals surface area contributed by atoms with E-state index < -0.39 is 12.2 Å². The van der Waals surface area contributed by atoms with Crippen molar-refractivity contribution in [3.8, 4) is 0 Å². The maximum Gasteiger partial charge on any atom is 0.105 e. The van der Waals surface area contributed by atoms with Crippen LogP contribution in [0.5, 0.6) is 0 Å². The summed E-state index contributed by atoms with van der Waals surface area (Å²) in [5, 5.41) is 22.9. The molecule has 1 heterocycles. The van der Waals surface area contributed by atoms with Gasteiger partial charge in [-0.15, -0.1) is 0 Å². The molecule has 6 heteroatoms. The summed E-state index contributed by atoms with van der Waals surface area (Å²) in [7, 11) is 0. The molecule has 0 saturated carbocycles. The van der Waals surface area contributed by atoms with Crippen molar-refractivity contribution in [2.24, 2.45) is 5.11 Å². The van der Waals surface area contributed by atoms with Gasteiger partial charge in [0.1, 0.15) is 6.10 Å². The van der Waals surface area contributed by atoms with E-state index in [-0.39, 0.29) is 6.54 Å². The second-order valence-electron chi connectivity index (χ2n) is 5.06. The first-order valence-corrected chi connectivity index (χ1v) is 6.94. The van der Waals surface area contributed by atoms with Crippen molar-refractivity contribution in [2.45, 2.75) is 31.5 Å². The van der Waals surface area contributed by atoms with Crippen LogP contribution in [0.25, 0.3) is 10.4 Å². The van der Waals surface area contributed by atoms with Gasteiger partial charge in [-0.25, -0.2) is 0 Å². The number of benzene rings is 1. The van der Waals surface area contributed by atoms with Gasteiger partial charge >= 0.3 is 0 Å². The smallest absolute Gasteiger partial charge is 0.105 e. The molecule has 1 aromatic carbocycles. The summed E-state index contributed by atoms with van der Waals surface area (Å²) in [6, 6.07) is 7.55. The molecule has 2 unspecified atom stereocenters. The standard InChI is InChI=1S/C14H20N4O2/c15-17-16-10-13(19)14(20)11-4-6-12(7-5-11)18-8-2-1-3-9-18/h4-7,13-14,19-20H,1-3,8-10H2. The average Bonchev–Trinajstić information content (AvgIpc) is 2.53. The summed E-state index contributed by atoms with van der Waals surface area (Å²) in [4.78, 5) is 4.90. The molecule has 0 spiro atoms. The minimum Gasteiger partial charge on any atom is -0.390 e. The number of anilines is 1. The Hall–Kier alpha value is -1.75. The Morgan fingerprint density at radius 3 is 2.40 bits per heavy atom. The number of azide groups is 1. The zero-order chi connectivity index (χ0) is 14.4. The molecule has 2 rings (SSSR count). The Labute approximate surface area is 118 Å². The van der Waals surface area contributed by atoms with Crippen LogP contribution in [-0.4, -0.2) is 36.0 Å². The maximum absolute atomic E-state index is 9.97. The fourth-order valence-corrected chi connectivity index (χ4v) is 2.48. The van der Waals surface area contributed by atoms with Crippen LogP contribution in [-0.2, 0) is 0 Å². The molecule has 108 valence electrons. The number of aliphatic hydroxyl groups excluding tert-OH is 2. The molecule has 1 aromatic rings. The van der Waals surface area contributed by atoms with Crippen LogP contribution in [0.15, 0.2) is 29.4 Å². The second-order valence-corrected chi connectivity index (χ2v) is 5.06. The van der Waals surface area contributed by atoms with Crippen LogP contribution in [0.2, 0.25) is 0 Å². The Balaban J connectivity index is 2.01. The van der Waals surface area contributed by atoms with Gasteiger partial charge in [0.2, 0.25) is 0 Å². The number of nitrogens with zero attached hydrogens (tertiary/aromatic N) is 4. The molecule has 0 aliphatic carbocycles. The minimum absolute atomic E-state index is 0.133. The number of rotatable bonds is 5. The van der Waals surface area contributed by atoms with Gasteiger partial charge in [-0.1, -0.05) is 17.2 Å². The molecule has 1 aliphatic rings. The van der Waals surface area contributed by atoms with E-state index in [1.54, 1.807) is 0 Å². The van der Waals surface area contributed by atoms with Crippen molar-refractivity contribution < 1.29 is 10.2 Å². The summed E-state index contributed by atoms with van der Waals surface area (Å²) >= 11 is 0. The summed E-state index contributed by atoms with van der Waals surface area (Å²) < 4.78 is 0. The lowest BCUT2D eigenvalue weighted by atomic mass is 10.0. The Bertz CT molecular complexity index is 465. The van der Waals surface area contributed by atoms with E-state index in [1.807, 2.05) is 24.3 Å². The van der Waals surface area contributed by atoms with Crippen LogP contribution in [0.1, 0.15) is 30.9 Å². The molecular formula is C14H20N4O2. The highest BCUT2D eigenvalue weighted by Crippen LogP contribution is 2.23. The quantitative estimate of drug-likeness (QED) is 0.491. The fraction of sp³-hybridized carbons (Fsp3) is 0.571. The molecule has 1 aliphatic heterocycles. The van der Waals surface area contributed by atoms with Crippen LogP contribution in [0, 0.1) is 0 Å². The van der Waals surface area contributed by atoms with E-state index in [1.165, 1.54) is 19.3 Å². The third kappa shape index (κ3) is 3.63. The van der Waals surface area contributed by atoms with Crippen molar-refractivity contribution in [1.29, 1.82) is 0 Å². The molecule has 0 aromatic heterocycles. The van der Waals surface area contributed by atoms with Gasteiger partial charge in [-0.3, -0.25) is 0 Å². The molecule has 1 fully saturated rings. The largest absolute Gasteiger partial charge is 0.390 e. The second kappa shape index (κ2) is 7.14. The predicted molar refractivity (Wildman–Crippen MR) is 77.5 cm³/mol. The number of aliphatic hydroxyl groups is 2. The zero-order valence-corrected chi connectivity index (χ0v) is 11.4. The third-order valence-corrected chi connectivity index (χ3v) is 3.65. The van der Waals surface area contributed by atoms with Crippen molar-refractivity contribution in [1.82, 2.24) is 0 Å². The summed E-state index contributed by atoms with van der Waals surface area (Å²) in [5.41, 5.74) is 9.98. The molecule has 2 atom stereocenters. The van der Waals surface area contributed by atoms with Crippen molar-refractivity contribution in [3.63, 3.8) is 0 Å². The van der Waals surface area contributed by atoms with Gasteiger partial charge in [-0.05, 0) is 42.5 Å². The van der Waals surface area contributed by atoms with E-state index >= 15 is 0 Å². The van der Waals surface area contributed by atoms with Gasteiger partial charge in [0.15, 0.2) is 0 Å². The average molecular weight is 276 g/mol. The first kappa shape index (κ1) is 14.7. The summed E-state index contributed by atoms with van der Waals surface area (Å²) in [6.07, 6.45) is 1.62. The van der Waals surface area contributed by atoms with Gasteiger partial charge < -0.3 is 15.1 Å². The molecular weight excluding hydrogens is 256 g/mol. The highest BCUT2D eigenvalue weighted by molar-refractivity contribution is 5.48. The molecule has 0 amide bonds. The Morgan fingerprint density at radius 1 is 1.15 bits per heavy atom. The van der Waals surface area contributed by atoms with Gasteiger partial charge in [-0.2, -0.15) is 0 Å². The number of hydrogen-bond acceptors (Lipinski definition) is 4. The van der Waals surface area contributed by atoms with Gasteiger partial charge in [0.25, 0.3) is 0 Å². The third-order valence-electron chi connectivity index (χ3n) is 3.65. The molecule has 0 bridgehead atoms. The van der Waals surface area contributed by atoms with Crippen molar-refractivity contribution >= 4 is 5.69 Å². The topological polar surface area (TPSA) is 92.5 Å². The summed E-state index contributed by atoms with van der Waals surface area (Å²) in [6.45, 7) is 2.01. The first-order valence-electron chi connectivity index (χ1n) is 6.94. The van der Waals surface area contributed by atoms with E-state index in [0.29, 0.717) is 5.56 Å². The Kier molecular flexibility index (Phi) is 5.24. The predicted octanol–water partition coefficient (Wildman–Crippen LogP) is 2.38. The zero-order valence-electron chi connectivity index (χ0n) is 11.4. The van der Waals surface area contributed by atoms with Crippen molar-refractivity contribution in [3.05, 3.63) is 40.3 Å². The highest BCUT2D eigenvalue weighted by Gasteiger charge is 2.18. The van der Waals surface area contributed by atoms with Crippen LogP contribution in [0.3, 0.4) is 0 Å². The van der Waals surface area contributed by atoms with E-state index in [0.717, 1.165) is 18.8 Å². The van der Waals surface area contributed by atoms with Gasteiger partial charge in [0, 0.05) is 23.7 Å². The van der Waals surface area contributed by atoms with E-state index in [4.69, 9.17) is 5.53 Å². The highest BCUT2D eigenvalue weighted by atomic mass is 16.3. The number of piperidine rings is 1. The monoisotopic (exact) mass is 276 g/mol. The fourth-order valence-electron chi connectivity index (χ4n) is 2.48. The summed E-state index contributed by atoms with van der Waals surface area (Å²) in [5.74, 6) is 0.